The Morgan fingerprint density at radius 1 is 1.06 bits per heavy atom. The van der Waals surface area contributed by atoms with Crippen LogP contribution >= 0.6 is 0 Å². The number of aliphatic carboxylic acids is 1. The molecule has 7 nitrogen and oxygen atoms in total. The van der Waals surface area contributed by atoms with Gasteiger partial charge in [0.2, 0.25) is 5.91 Å². The van der Waals surface area contributed by atoms with Gasteiger partial charge in [0.25, 0.3) is 0 Å². The van der Waals surface area contributed by atoms with Crippen LogP contribution in [0, 0.1) is 0 Å². The zero-order chi connectivity index (χ0) is 22.0. The van der Waals surface area contributed by atoms with E-state index in [1.165, 1.54) is 0 Å². The minimum atomic E-state index is -0.947. The molecule has 1 saturated carbocycles. The predicted octanol–water partition coefficient (Wildman–Crippen LogP) is 3.43. The smallest absolute Gasteiger partial charge is 0.407 e. The Balaban J connectivity index is 1.34. The highest BCUT2D eigenvalue weighted by Gasteiger charge is 2.41. The maximum absolute atomic E-state index is 12.5. The maximum atomic E-state index is 12.5. The maximum Gasteiger partial charge on any atom is 0.407 e. The SMILES string of the molecule is CC(NC(=O)OCC1c2ccccc2-c2ccccc21)C(=O)NC1(CC(=O)O)CCC1. The number of rotatable bonds is 7. The molecular formula is C24H26N2O5. The van der Waals surface area contributed by atoms with Crippen LogP contribution in [-0.2, 0) is 14.3 Å². The van der Waals surface area contributed by atoms with Gasteiger partial charge in [-0.25, -0.2) is 4.79 Å². The van der Waals surface area contributed by atoms with Crippen molar-refractivity contribution in [3.8, 4) is 11.1 Å². The summed E-state index contributed by atoms with van der Waals surface area (Å²) in [6.45, 7) is 1.72. The van der Waals surface area contributed by atoms with Crippen LogP contribution in [0.3, 0.4) is 0 Å². The van der Waals surface area contributed by atoms with E-state index in [0.717, 1.165) is 28.7 Å². The number of amides is 2. The molecule has 2 aliphatic carbocycles. The van der Waals surface area contributed by atoms with Crippen LogP contribution in [0.4, 0.5) is 4.79 Å². The van der Waals surface area contributed by atoms with E-state index in [2.05, 4.69) is 22.8 Å². The van der Waals surface area contributed by atoms with Crippen LogP contribution in [0.5, 0.6) is 0 Å². The number of hydrogen-bond acceptors (Lipinski definition) is 4. The van der Waals surface area contributed by atoms with Gasteiger partial charge in [-0.2, -0.15) is 0 Å². The number of hydrogen-bond donors (Lipinski definition) is 3. The van der Waals surface area contributed by atoms with Crippen LogP contribution in [0.15, 0.2) is 48.5 Å². The second kappa shape index (κ2) is 8.41. The first-order valence-electron chi connectivity index (χ1n) is 10.5. The fourth-order valence-electron chi connectivity index (χ4n) is 4.49. The average Bonchev–Trinajstić information content (AvgIpc) is 3.04. The first-order valence-corrected chi connectivity index (χ1v) is 10.5. The van der Waals surface area contributed by atoms with E-state index in [-0.39, 0.29) is 18.9 Å². The van der Waals surface area contributed by atoms with Crippen LogP contribution in [0.25, 0.3) is 11.1 Å². The lowest BCUT2D eigenvalue weighted by molar-refractivity contribution is -0.140. The van der Waals surface area contributed by atoms with E-state index in [1.54, 1.807) is 6.92 Å². The number of ether oxygens (including phenoxy) is 1. The molecule has 2 aliphatic rings. The molecule has 0 heterocycles. The molecule has 0 aliphatic heterocycles. The third kappa shape index (κ3) is 4.26. The molecule has 162 valence electrons. The fraction of sp³-hybridized carbons (Fsp3) is 0.375. The number of nitrogens with one attached hydrogen (secondary N) is 2. The number of carbonyl (C=O) groups excluding carboxylic acids is 2. The van der Waals surface area contributed by atoms with Gasteiger partial charge >= 0.3 is 12.1 Å². The quantitative estimate of drug-likeness (QED) is 0.634. The lowest BCUT2D eigenvalue weighted by Crippen LogP contribution is -2.58. The third-order valence-corrected chi connectivity index (χ3v) is 6.26. The summed E-state index contributed by atoms with van der Waals surface area (Å²) in [7, 11) is 0. The van der Waals surface area contributed by atoms with Crippen molar-refractivity contribution in [1.82, 2.24) is 10.6 Å². The van der Waals surface area contributed by atoms with Crippen molar-refractivity contribution in [2.45, 2.75) is 50.1 Å². The summed E-state index contributed by atoms with van der Waals surface area (Å²) in [4.78, 5) is 35.9. The van der Waals surface area contributed by atoms with E-state index in [9.17, 15) is 14.4 Å². The lowest BCUT2D eigenvalue weighted by atomic mass is 9.74. The van der Waals surface area contributed by atoms with Gasteiger partial charge < -0.3 is 20.5 Å². The molecule has 0 bridgehead atoms. The van der Waals surface area contributed by atoms with Crippen molar-refractivity contribution >= 4 is 18.0 Å². The Morgan fingerprint density at radius 2 is 1.65 bits per heavy atom. The molecule has 0 saturated heterocycles. The Bertz CT molecular complexity index is 969. The zero-order valence-corrected chi connectivity index (χ0v) is 17.4. The van der Waals surface area contributed by atoms with Gasteiger partial charge in [-0.15, -0.1) is 0 Å². The monoisotopic (exact) mass is 422 g/mol. The normalized spacial score (nSPS) is 16.9. The summed E-state index contributed by atoms with van der Waals surface area (Å²) in [6.07, 6.45) is 1.34. The van der Waals surface area contributed by atoms with Crippen LogP contribution in [0.2, 0.25) is 0 Å². The predicted molar refractivity (Wildman–Crippen MR) is 115 cm³/mol. The van der Waals surface area contributed by atoms with Crippen molar-refractivity contribution in [2.24, 2.45) is 0 Å². The lowest BCUT2D eigenvalue weighted by Gasteiger charge is -2.42. The molecule has 0 radical (unpaired) electrons. The van der Waals surface area contributed by atoms with Gasteiger partial charge in [-0.1, -0.05) is 48.5 Å². The molecule has 3 N–H and O–H groups in total. The zero-order valence-electron chi connectivity index (χ0n) is 17.4. The summed E-state index contributed by atoms with van der Waals surface area (Å²) in [5.41, 5.74) is 3.80. The molecule has 4 rings (SSSR count). The summed E-state index contributed by atoms with van der Waals surface area (Å²) in [5, 5.41) is 14.4. The number of benzene rings is 2. The van der Waals surface area contributed by atoms with Crippen molar-refractivity contribution in [3.63, 3.8) is 0 Å². The summed E-state index contributed by atoms with van der Waals surface area (Å²) >= 11 is 0. The number of carbonyl (C=O) groups is 3. The second-order valence-electron chi connectivity index (χ2n) is 8.39. The third-order valence-electron chi connectivity index (χ3n) is 6.26. The summed E-state index contributed by atoms with van der Waals surface area (Å²) in [6, 6.07) is 15.3. The van der Waals surface area contributed by atoms with E-state index in [4.69, 9.17) is 9.84 Å². The molecule has 2 aromatic rings. The molecule has 31 heavy (non-hydrogen) atoms. The molecule has 7 heteroatoms. The Kier molecular flexibility index (Phi) is 5.67. The second-order valence-corrected chi connectivity index (χ2v) is 8.39. The van der Waals surface area contributed by atoms with Gasteiger partial charge in [0, 0.05) is 5.92 Å². The molecule has 1 atom stereocenters. The van der Waals surface area contributed by atoms with E-state index < -0.39 is 29.6 Å². The standard InChI is InChI=1S/C24H26N2O5/c1-15(22(29)26-24(11-6-12-24)13-21(27)28)25-23(30)31-14-20-18-9-4-2-7-16(18)17-8-3-5-10-19(17)20/h2-5,7-10,15,20H,6,11-14H2,1H3,(H,25,30)(H,26,29)(H,27,28). The minimum absolute atomic E-state index is 0.0592. The van der Waals surface area contributed by atoms with E-state index in [0.29, 0.717) is 12.8 Å². The van der Waals surface area contributed by atoms with Crippen LogP contribution in [0.1, 0.15) is 49.7 Å². The van der Waals surface area contributed by atoms with Gasteiger partial charge in [0.05, 0.1) is 12.0 Å². The van der Waals surface area contributed by atoms with Gasteiger partial charge in [0.1, 0.15) is 12.6 Å². The summed E-state index contributed by atoms with van der Waals surface area (Å²) in [5.74, 6) is -1.41. The Hall–Kier alpha value is -3.35. The number of fused-ring (bicyclic) bond motifs is 3. The molecule has 2 aromatic carbocycles. The van der Waals surface area contributed by atoms with Crippen molar-refractivity contribution < 1.29 is 24.2 Å². The van der Waals surface area contributed by atoms with Gasteiger partial charge in [-0.05, 0) is 48.4 Å². The first-order chi connectivity index (χ1) is 14.9. The molecule has 2 amide bonds. The van der Waals surface area contributed by atoms with Gasteiger partial charge in [-0.3, -0.25) is 9.59 Å². The fourth-order valence-corrected chi connectivity index (χ4v) is 4.49. The number of carboxylic acids is 1. The summed E-state index contributed by atoms with van der Waals surface area (Å²) < 4.78 is 5.47. The van der Waals surface area contributed by atoms with Crippen molar-refractivity contribution in [1.29, 1.82) is 0 Å². The average molecular weight is 422 g/mol. The van der Waals surface area contributed by atoms with E-state index in [1.807, 2.05) is 36.4 Å². The van der Waals surface area contributed by atoms with Crippen LogP contribution in [-0.4, -0.2) is 41.3 Å². The molecule has 0 aromatic heterocycles. The minimum Gasteiger partial charge on any atom is -0.481 e. The largest absolute Gasteiger partial charge is 0.481 e. The molecule has 0 spiro atoms. The molecular weight excluding hydrogens is 396 g/mol. The van der Waals surface area contributed by atoms with Crippen LogP contribution < -0.4 is 10.6 Å². The Labute approximate surface area is 180 Å². The topological polar surface area (TPSA) is 105 Å². The molecule has 1 unspecified atom stereocenters. The van der Waals surface area contributed by atoms with E-state index >= 15 is 0 Å². The van der Waals surface area contributed by atoms with Crippen molar-refractivity contribution in [2.75, 3.05) is 6.61 Å². The Morgan fingerprint density at radius 3 is 2.16 bits per heavy atom. The highest BCUT2D eigenvalue weighted by molar-refractivity contribution is 5.86. The number of alkyl carbamates (subject to hydrolysis) is 1. The first kappa shape index (κ1) is 20.9. The highest BCUT2D eigenvalue weighted by Crippen LogP contribution is 2.44. The van der Waals surface area contributed by atoms with Crippen molar-refractivity contribution in [3.05, 3.63) is 59.7 Å². The number of carboxylic acid groups (broad SMARTS) is 1. The van der Waals surface area contributed by atoms with Gasteiger partial charge in [0.15, 0.2) is 0 Å². The molecule has 1 fully saturated rings. The highest BCUT2D eigenvalue weighted by atomic mass is 16.5.